The van der Waals surface area contributed by atoms with Crippen LogP contribution in [0.15, 0.2) is 24.3 Å². The molecule has 2 atom stereocenters. The number of hydrogen-bond donors (Lipinski definition) is 1. The lowest BCUT2D eigenvalue weighted by atomic mass is 9.83. The summed E-state index contributed by atoms with van der Waals surface area (Å²) >= 11 is 0. The van der Waals surface area contributed by atoms with Crippen LogP contribution in [0.3, 0.4) is 0 Å². The standard InChI is InChI=1S/C18H24FN3O2/c19-15-5-2-1-4-14(15)18(24)21-11-8-16-13(12-21)6-7-17(23)22(16)10-3-9-20/h1-2,4-5,13,16H,3,6-12,20H2/t13-,16+/m0/s1. The first-order valence-corrected chi connectivity index (χ1v) is 8.65. The average Bonchev–Trinajstić information content (AvgIpc) is 2.60. The molecule has 0 bridgehead atoms. The first kappa shape index (κ1) is 16.9. The third-order valence-electron chi connectivity index (χ3n) is 5.14. The number of likely N-dealkylation sites (tertiary alicyclic amines) is 2. The molecule has 6 heteroatoms. The molecule has 5 nitrogen and oxygen atoms in total. The van der Waals surface area contributed by atoms with Crippen molar-refractivity contribution >= 4 is 11.8 Å². The summed E-state index contributed by atoms with van der Waals surface area (Å²) in [6.07, 6.45) is 2.87. The highest BCUT2D eigenvalue weighted by atomic mass is 19.1. The van der Waals surface area contributed by atoms with Gasteiger partial charge in [-0.25, -0.2) is 4.39 Å². The summed E-state index contributed by atoms with van der Waals surface area (Å²) in [7, 11) is 0. The normalized spacial score (nSPS) is 24.0. The topological polar surface area (TPSA) is 66.6 Å². The Balaban J connectivity index is 1.70. The van der Waals surface area contributed by atoms with E-state index in [1.54, 1.807) is 17.0 Å². The summed E-state index contributed by atoms with van der Waals surface area (Å²) in [5.74, 6) is -0.270. The number of carbonyl (C=O) groups excluding carboxylic acids is 2. The van der Waals surface area contributed by atoms with Crippen molar-refractivity contribution in [2.75, 3.05) is 26.2 Å². The zero-order valence-electron chi connectivity index (χ0n) is 13.8. The molecule has 0 aromatic heterocycles. The maximum absolute atomic E-state index is 13.9. The first-order valence-electron chi connectivity index (χ1n) is 8.65. The van der Waals surface area contributed by atoms with E-state index in [2.05, 4.69) is 0 Å². The molecule has 0 radical (unpaired) electrons. The SMILES string of the molecule is NCCCN1C(=O)CC[C@H]2CN(C(=O)c3ccccc3F)CC[C@H]21. The Hall–Kier alpha value is -1.95. The van der Waals surface area contributed by atoms with Gasteiger partial charge >= 0.3 is 0 Å². The number of hydrogen-bond acceptors (Lipinski definition) is 3. The van der Waals surface area contributed by atoms with Crippen LogP contribution in [0.25, 0.3) is 0 Å². The molecule has 0 saturated carbocycles. The zero-order chi connectivity index (χ0) is 17.1. The molecule has 0 aliphatic carbocycles. The number of halogens is 1. The fourth-order valence-corrected chi connectivity index (χ4v) is 3.89. The number of carbonyl (C=O) groups is 2. The monoisotopic (exact) mass is 333 g/mol. The van der Waals surface area contributed by atoms with Crippen molar-refractivity contribution in [1.82, 2.24) is 9.80 Å². The Bertz CT molecular complexity index is 622. The Morgan fingerprint density at radius 3 is 2.83 bits per heavy atom. The Morgan fingerprint density at radius 2 is 2.08 bits per heavy atom. The molecule has 24 heavy (non-hydrogen) atoms. The van der Waals surface area contributed by atoms with E-state index in [0.717, 1.165) is 19.3 Å². The van der Waals surface area contributed by atoms with Gasteiger partial charge in [0.25, 0.3) is 5.91 Å². The molecule has 1 aromatic carbocycles. The number of piperidine rings is 2. The van der Waals surface area contributed by atoms with Gasteiger partial charge < -0.3 is 15.5 Å². The van der Waals surface area contributed by atoms with Crippen molar-refractivity contribution < 1.29 is 14.0 Å². The number of amides is 2. The van der Waals surface area contributed by atoms with Gasteiger partial charge in [-0.3, -0.25) is 9.59 Å². The van der Waals surface area contributed by atoms with Crippen LogP contribution in [0.5, 0.6) is 0 Å². The van der Waals surface area contributed by atoms with E-state index >= 15 is 0 Å². The smallest absolute Gasteiger partial charge is 0.256 e. The van der Waals surface area contributed by atoms with Gasteiger partial charge in [-0.05, 0) is 43.9 Å². The van der Waals surface area contributed by atoms with Crippen LogP contribution in [0, 0.1) is 11.7 Å². The van der Waals surface area contributed by atoms with E-state index < -0.39 is 5.82 Å². The number of benzene rings is 1. The molecule has 3 rings (SSSR count). The van der Waals surface area contributed by atoms with Gasteiger partial charge in [-0.15, -0.1) is 0 Å². The predicted molar refractivity (Wildman–Crippen MR) is 88.8 cm³/mol. The van der Waals surface area contributed by atoms with Crippen molar-refractivity contribution in [1.29, 1.82) is 0 Å². The minimum absolute atomic E-state index is 0.128. The summed E-state index contributed by atoms with van der Waals surface area (Å²) in [6, 6.07) is 6.29. The number of fused-ring (bicyclic) bond motifs is 1. The van der Waals surface area contributed by atoms with E-state index in [0.29, 0.717) is 32.6 Å². The van der Waals surface area contributed by atoms with Crippen LogP contribution in [-0.4, -0.2) is 53.8 Å². The van der Waals surface area contributed by atoms with Gasteiger partial charge in [-0.1, -0.05) is 12.1 Å². The molecule has 2 aliphatic heterocycles. The summed E-state index contributed by atoms with van der Waals surface area (Å²) in [5, 5.41) is 0. The summed E-state index contributed by atoms with van der Waals surface area (Å²) in [5.41, 5.74) is 5.70. The van der Waals surface area contributed by atoms with Gasteiger partial charge in [0.2, 0.25) is 5.91 Å². The second-order valence-electron chi connectivity index (χ2n) is 6.62. The maximum atomic E-state index is 13.9. The van der Waals surface area contributed by atoms with Gasteiger partial charge in [0.15, 0.2) is 0 Å². The zero-order valence-corrected chi connectivity index (χ0v) is 13.8. The summed E-state index contributed by atoms with van der Waals surface area (Å²) < 4.78 is 13.9. The lowest BCUT2D eigenvalue weighted by Crippen LogP contribution is -2.57. The quantitative estimate of drug-likeness (QED) is 0.911. The molecule has 2 aliphatic rings. The summed E-state index contributed by atoms with van der Waals surface area (Å²) in [4.78, 5) is 28.5. The molecule has 2 heterocycles. The van der Waals surface area contributed by atoms with Crippen molar-refractivity contribution in [3.05, 3.63) is 35.6 Å². The maximum Gasteiger partial charge on any atom is 0.256 e. The number of nitrogens with two attached hydrogens (primary N) is 1. The average molecular weight is 333 g/mol. The molecule has 2 N–H and O–H groups in total. The second kappa shape index (κ2) is 7.30. The van der Waals surface area contributed by atoms with E-state index in [1.165, 1.54) is 12.1 Å². The van der Waals surface area contributed by atoms with Crippen LogP contribution >= 0.6 is 0 Å². The lowest BCUT2D eigenvalue weighted by Gasteiger charge is -2.47. The van der Waals surface area contributed by atoms with Crippen LogP contribution < -0.4 is 5.73 Å². The number of nitrogens with zero attached hydrogens (tertiary/aromatic N) is 2. The molecule has 2 amide bonds. The molecule has 1 aromatic rings. The van der Waals surface area contributed by atoms with Gasteiger partial charge in [0.05, 0.1) is 5.56 Å². The van der Waals surface area contributed by atoms with Crippen LogP contribution in [0.2, 0.25) is 0 Å². The molecule has 0 spiro atoms. The van der Waals surface area contributed by atoms with Crippen LogP contribution in [0.1, 0.15) is 36.0 Å². The molecule has 2 fully saturated rings. The van der Waals surface area contributed by atoms with Crippen molar-refractivity contribution in [3.63, 3.8) is 0 Å². The molecule has 130 valence electrons. The van der Waals surface area contributed by atoms with E-state index in [9.17, 15) is 14.0 Å². The minimum Gasteiger partial charge on any atom is -0.339 e. The van der Waals surface area contributed by atoms with Gasteiger partial charge in [0.1, 0.15) is 5.82 Å². The fraction of sp³-hybridized carbons (Fsp3) is 0.556. The Kier molecular flexibility index (Phi) is 5.14. The second-order valence-corrected chi connectivity index (χ2v) is 6.62. The van der Waals surface area contributed by atoms with Crippen LogP contribution in [0.4, 0.5) is 4.39 Å². The summed E-state index contributed by atoms with van der Waals surface area (Å²) in [6.45, 7) is 2.40. The Labute approximate surface area is 141 Å². The highest BCUT2D eigenvalue weighted by Gasteiger charge is 2.40. The first-order chi connectivity index (χ1) is 11.6. The predicted octanol–water partition coefficient (Wildman–Crippen LogP) is 1.63. The highest BCUT2D eigenvalue weighted by Crippen LogP contribution is 2.32. The molecule has 0 unspecified atom stereocenters. The fourth-order valence-electron chi connectivity index (χ4n) is 3.89. The van der Waals surface area contributed by atoms with Gasteiger partial charge in [-0.2, -0.15) is 0 Å². The van der Waals surface area contributed by atoms with Crippen molar-refractivity contribution in [2.24, 2.45) is 11.7 Å². The van der Waals surface area contributed by atoms with Gasteiger partial charge in [0, 0.05) is 32.1 Å². The highest BCUT2D eigenvalue weighted by molar-refractivity contribution is 5.94. The lowest BCUT2D eigenvalue weighted by molar-refractivity contribution is -0.140. The van der Waals surface area contributed by atoms with Crippen LogP contribution in [-0.2, 0) is 4.79 Å². The molecule has 2 saturated heterocycles. The third kappa shape index (κ3) is 3.29. The Morgan fingerprint density at radius 1 is 1.29 bits per heavy atom. The molecular formula is C18H24FN3O2. The third-order valence-corrected chi connectivity index (χ3v) is 5.14. The minimum atomic E-state index is -0.479. The largest absolute Gasteiger partial charge is 0.339 e. The van der Waals surface area contributed by atoms with Crippen molar-refractivity contribution in [2.45, 2.75) is 31.7 Å². The van der Waals surface area contributed by atoms with Crippen molar-refractivity contribution in [3.8, 4) is 0 Å². The van der Waals surface area contributed by atoms with E-state index in [-0.39, 0.29) is 29.3 Å². The van der Waals surface area contributed by atoms with E-state index in [4.69, 9.17) is 5.73 Å². The number of rotatable bonds is 4. The molecular weight excluding hydrogens is 309 g/mol. The van der Waals surface area contributed by atoms with E-state index in [1.807, 2.05) is 4.90 Å².